The van der Waals surface area contributed by atoms with Crippen LogP contribution in [0.5, 0.6) is 0 Å². The molecule has 0 unspecified atom stereocenters. The molecule has 6 heteroatoms. The highest BCUT2D eigenvalue weighted by Crippen LogP contribution is 2.17. The van der Waals surface area contributed by atoms with Crippen LogP contribution in [0.15, 0.2) is 23.1 Å². The molecule has 0 spiro atoms. The Balaban J connectivity index is 1.79. The smallest absolute Gasteiger partial charge is 0.255 e. The summed E-state index contributed by atoms with van der Waals surface area (Å²) >= 11 is 0. The number of aromatic nitrogens is 3. The van der Waals surface area contributed by atoms with Gasteiger partial charge in [-0.3, -0.25) is 14.7 Å². The fourth-order valence-electron chi connectivity index (χ4n) is 2.77. The molecule has 116 valence electrons. The highest BCUT2D eigenvalue weighted by Gasteiger charge is 2.22. The first-order chi connectivity index (χ1) is 10.7. The lowest BCUT2D eigenvalue weighted by molar-refractivity contribution is 0.235. The Morgan fingerprint density at radius 2 is 2.32 bits per heavy atom. The Labute approximate surface area is 128 Å². The van der Waals surface area contributed by atoms with E-state index in [0.29, 0.717) is 30.8 Å². The summed E-state index contributed by atoms with van der Waals surface area (Å²) in [6, 6.07) is 2.99. The molecule has 2 aromatic heterocycles. The van der Waals surface area contributed by atoms with Crippen LogP contribution in [0.1, 0.15) is 36.1 Å². The summed E-state index contributed by atoms with van der Waals surface area (Å²) < 4.78 is 13.7. The Morgan fingerprint density at radius 1 is 1.45 bits per heavy atom. The topological polar surface area (TPSA) is 61.9 Å². The van der Waals surface area contributed by atoms with Crippen LogP contribution in [-0.2, 0) is 25.9 Å². The van der Waals surface area contributed by atoms with Crippen LogP contribution in [0, 0.1) is 5.82 Å². The number of nitrogens with one attached hydrogen (secondary N) is 1. The molecule has 0 radical (unpaired) electrons. The highest BCUT2D eigenvalue weighted by atomic mass is 19.1. The van der Waals surface area contributed by atoms with E-state index in [2.05, 4.69) is 21.9 Å². The summed E-state index contributed by atoms with van der Waals surface area (Å²) in [7, 11) is 0. The minimum Gasteiger partial charge on any atom is -0.310 e. The van der Waals surface area contributed by atoms with Gasteiger partial charge in [-0.15, -0.1) is 0 Å². The lowest BCUT2D eigenvalue weighted by Crippen LogP contribution is -2.36. The molecule has 0 saturated heterocycles. The van der Waals surface area contributed by atoms with Crippen molar-refractivity contribution in [2.45, 2.75) is 39.3 Å². The first kappa shape index (κ1) is 14.8. The van der Waals surface area contributed by atoms with Crippen molar-refractivity contribution in [1.29, 1.82) is 0 Å². The van der Waals surface area contributed by atoms with E-state index >= 15 is 0 Å². The van der Waals surface area contributed by atoms with Gasteiger partial charge in [0.25, 0.3) is 5.56 Å². The third-order valence-electron chi connectivity index (χ3n) is 3.89. The van der Waals surface area contributed by atoms with E-state index in [4.69, 9.17) is 0 Å². The maximum Gasteiger partial charge on any atom is 0.255 e. The molecule has 1 N–H and O–H groups in total. The molecule has 0 amide bonds. The molecule has 0 bridgehead atoms. The first-order valence-electron chi connectivity index (χ1n) is 7.60. The van der Waals surface area contributed by atoms with Gasteiger partial charge >= 0.3 is 0 Å². The zero-order valence-corrected chi connectivity index (χ0v) is 12.6. The molecule has 1 aliphatic heterocycles. The molecule has 5 nitrogen and oxygen atoms in total. The van der Waals surface area contributed by atoms with Crippen molar-refractivity contribution < 1.29 is 4.39 Å². The molecule has 2 aromatic rings. The van der Waals surface area contributed by atoms with Crippen molar-refractivity contribution in [1.82, 2.24) is 19.9 Å². The number of nitrogens with zero attached hydrogens (tertiary/aromatic N) is 3. The number of rotatable bonds is 4. The van der Waals surface area contributed by atoms with Crippen LogP contribution in [0.4, 0.5) is 4.39 Å². The van der Waals surface area contributed by atoms with Gasteiger partial charge in [-0.05, 0) is 18.6 Å². The highest BCUT2D eigenvalue weighted by molar-refractivity contribution is 5.21. The fraction of sp³-hybridized carbons (Fsp3) is 0.438. The van der Waals surface area contributed by atoms with E-state index in [1.165, 1.54) is 6.07 Å². The summed E-state index contributed by atoms with van der Waals surface area (Å²) in [6.07, 6.45) is 4.03. The number of aromatic amines is 1. The average molecular weight is 302 g/mol. The van der Waals surface area contributed by atoms with Crippen molar-refractivity contribution >= 4 is 0 Å². The van der Waals surface area contributed by atoms with Crippen LogP contribution in [0.25, 0.3) is 0 Å². The summed E-state index contributed by atoms with van der Waals surface area (Å²) in [5.74, 6) is 0.453. The van der Waals surface area contributed by atoms with Gasteiger partial charge in [0.1, 0.15) is 11.6 Å². The van der Waals surface area contributed by atoms with Gasteiger partial charge in [-0.2, -0.15) is 0 Å². The predicted octanol–water partition coefficient (Wildman–Crippen LogP) is 1.81. The largest absolute Gasteiger partial charge is 0.310 e. The molecule has 0 aliphatic carbocycles. The second kappa shape index (κ2) is 6.36. The van der Waals surface area contributed by atoms with Gasteiger partial charge in [0.05, 0.1) is 17.0 Å². The van der Waals surface area contributed by atoms with E-state index in [9.17, 15) is 9.18 Å². The van der Waals surface area contributed by atoms with Gasteiger partial charge in [0, 0.05) is 38.7 Å². The zero-order chi connectivity index (χ0) is 15.5. The van der Waals surface area contributed by atoms with Crippen molar-refractivity contribution in [3.8, 4) is 0 Å². The summed E-state index contributed by atoms with van der Waals surface area (Å²) in [5.41, 5.74) is 1.92. The molecular weight excluding hydrogens is 283 g/mol. The Hall–Kier alpha value is -2.08. The maximum atomic E-state index is 13.7. The SMILES string of the molecule is CCCc1nc2c(c(=O)[nH]1)CN(Cc1ncccc1F)CC2. The molecule has 1 aliphatic rings. The van der Waals surface area contributed by atoms with Crippen LogP contribution in [0.3, 0.4) is 0 Å². The molecule has 22 heavy (non-hydrogen) atoms. The fourth-order valence-corrected chi connectivity index (χ4v) is 2.77. The third kappa shape index (κ3) is 3.06. The van der Waals surface area contributed by atoms with Crippen molar-refractivity contribution in [2.75, 3.05) is 6.54 Å². The van der Waals surface area contributed by atoms with Crippen molar-refractivity contribution in [2.24, 2.45) is 0 Å². The quantitative estimate of drug-likeness (QED) is 0.936. The van der Waals surface area contributed by atoms with Crippen molar-refractivity contribution in [3.63, 3.8) is 0 Å². The number of hydrogen-bond acceptors (Lipinski definition) is 4. The molecule has 0 aromatic carbocycles. The summed E-state index contributed by atoms with van der Waals surface area (Å²) in [6.45, 7) is 3.70. The van der Waals surface area contributed by atoms with Crippen LogP contribution in [0.2, 0.25) is 0 Å². The van der Waals surface area contributed by atoms with E-state index in [1.807, 2.05) is 4.90 Å². The zero-order valence-electron chi connectivity index (χ0n) is 12.6. The van der Waals surface area contributed by atoms with Gasteiger partial charge in [-0.25, -0.2) is 9.37 Å². The number of aryl methyl sites for hydroxylation is 1. The second-order valence-corrected chi connectivity index (χ2v) is 5.58. The van der Waals surface area contributed by atoms with E-state index in [0.717, 1.165) is 30.9 Å². The molecule has 3 heterocycles. The van der Waals surface area contributed by atoms with Gasteiger partial charge in [0.2, 0.25) is 0 Å². The van der Waals surface area contributed by atoms with E-state index in [1.54, 1.807) is 12.3 Å². The lowest BCUT2D eigenvalue weighted by Gasteiger charge is -2.27. The predicted molar refractivity (Wildman–Crippen MR) is 80.9 cm³/mol. The number of H-pyrrole nitrogens is 1. The normalized spacial score (nSPS) is 14.8. The van der Waals surface area contributed by atoms with Gasteiger partial charge in [-0.1, -0.05) is 6.92 Å². The molecular formula is C16H19FN4O. The van der Waals surface area contributed by atoms with Crippen molar-refractivity contribution in [3.05, 3.63) is 57.3 Å². The number of fused-ring (bicyclic) bond motifs is 1. The Kier molecular flexibility index (Phi) is 4.29. The van der Waals surface area contributed by atoms with Gasteiger partial charge < -0.3 is 4.98 Å². The number of hydrogen-bond donors (Lipinski definition) is 1. The Bertz CT molecular complexity index is 728. The molecule has 0 atom stereocenters. The third-order valence-corrected chi connectivity index (χ3v) is 3.89. The first-order valence-corrected chi connectivity index (χ1v) is 7.60. The van der Waals surface area contributed by atoms with Gasteiger partial charge in [0.15, 0.2) is 0 Å². The summed E-state index contributed by atoms with van der Waals surface area (Å²) in [4.78, 5) is 25.7. The molecule has 0 saturated carbocycles. The number of halogens is 1. The van der Waals surface area contributed by atoms with Crippen LogP contribution < -0.4 is 5.56 Å². The Morgan fingerprint density at radius 3 is 3.09 bits per heavy atom. The van der Waals surface area contributed by atoms with Crippen LogP contribution in [-0.4, -0.2) is 26.4 Å². The maximum absolute atomic E-state index is 13.7. The van der Waals surface area contributed by atoms with E-state index < -0.39 is 0 Å². The summed E-state index contributed by atoms with van der Waals surface area (Å²) in [5, 5.41) is 0. The second-order valence-electron chi connectivity index (χ2n) is 5.58. The monoisotopic (exact) mass is 302 g/mol. The average Bonchev–Trinajstić information content (AvgIpc) is 2.51. The number of pyridine rings is 1. The molecule has 3 rings (SSSR count). The van der Waals surface area contributed by atoms with Crippen LogP contribution >= 0.6 is 0 Å². The minimum atomic E-state index is -0.307. The lowest BCUT2D eigenvalue weighted by atomic mass is 10.1. The standard InChI is InChI=1S/C16H19FN4O/c1-2-4-15-19-13-6-8-21(9-11(13)16(22)20-15)10-14-12(17)5-3-7-18-14/h3,5,7H,2,4,6,8-10H2,1H3,(H,19,20,22). The minimum absolute atomic E-state index is 0.0698. The molecule has 0 fully saturated rings. The van der Waals surface area contributed by atoms with E-state index in [-0.39, 0.29) is 11.4 Å².